The van der Waals surface area contributed by atoms with E-state index in [1.807, 2.05) is 6.07 Å². The molecule has 3 N–H and O–H groups in total. The summed E-state index contributed by atoms with van der Waals surface area (Å²) in [5, 5.41) is 3.94. The summed E-state index contributed by atoms with van der Waals surface area (Å²) < 4.78 is 0.867. The standard InChI is InChI=1S/C12H19BrClN3/c1-8(2)5-12(3,7-15)17-11-10(14)4-9(13)6-16-11/h4,6,8H,5,7,15H2,1-3H3,(H,16,17). The van der Waals surface area contributed by atoms with Crippen LogP contribution < -0.4 is 11.1 Å². The predicted octanol–water partition coefficient (Wildman–Crippen LogP) is 3.67. The van der Waals surface area contributed by atoms with E-state index in [0.29, 0.717) is 23.3 Å². The Morgan fingerprint density at radius 3 is 2.71 bits per heavy atom. The van der Waals surface area contributed by atoms with Crippen molar-refractivity contribution < 1.29 is 0 Å². The maximum atomic E-state index is 6.13. The number of anilines is 1. The van der Waals surface area contributed by atoms with Crippen LogP contribution in [-0.2, 0) is 0 Å². The summed E-state index contributed by atoms with van der Waals surface area (Å²) in [6.07, 6.45) is 2.69. The predicted molar refractivity (Wildman–Crippen MR) is 77.5 cm³/mol. The van der Waals surface area contributed by atoms with Crippen molar-refractivity contribution in [3.63, 3.8) is 0 Å². The zero-order valence-corrected chi connectivity index (χ0v) is 12.8. The monoisotopic (exact) mass is 319 g/mol. The summed E-state index contributed by atoms with van der Waals surface area (Å²) in [5.41, 5.74) is 5.66. The maximum absolute atomic E-state index is 6.13. The highest BCUT2D eigenvalue weighted by Crippen LogP contribution is 2.27. The largest absolute Gasteiger partial charge is 0.362 e. The molecular weight excluding hydrogens is 302 g/mol. The summed E-state index contributed by atoms with van der Waals surface area (Å²) in [5.74, 6) is 1.24. The third-order valence-electron chi connectivity index (χ3n) is 2.54. The Labute approximate surface area is 116 Å². The molecule has 0 bridgehead atoms. The van der Waals surface area contributed by atoms with Crippen LogP contribution in [0.2, 0.25) is 5.02 Å². The molecule has 3 nitrogen and oxygen atoms in total. The summed E-state index contributed by atoms with van der Waals surface area (Å²) in [6, 6.07) is 1.82. The Bertz CT molecular complexity index is 384. The van der Waals surface area contributed by atoms with Crippen molar-refractivity contribution in [1.29, 1.82) is 0 Å². The molecule has 5 heteroatoms. The third kappa shape index (κ3) is 4.45. The van der Waals surface area contributed by atoms with E-state index in [1.165, 1.54) is 0 Å². The smallest absolute Gasteiger partial charge is 0.145 e. The second-order valence-corrected chi connectivity index (χ2v) is 6.29. The van der Waals surface area contributed by atoms with Crippen molar-refractivity contribution in [1.82, 2.24) is 4.98 Å². The molecule has 0 aliphatic heterocycles. The van der Waals surface area contributed by atoms with E-state index in [2.05, 4.69) is 47.0 Å². The SMILES string of the molecule is CC(C)CC(C)(CN)Nc1ncc(Br)cc1Cl. The maximum Gasteiger partial charge on any atom is 0.145 e. The van der Waals surface area contributed by atoms with E-state index in [1.54, 1.807) is 6.20 Å². The number of pyridine rings is 1. The van der Waals surface area contributed by atoms with Gasteiger partial charge in [-0.2, -0.15) is 0 Å². The fourth-order valence-electron chi connectivity index (χ4n) is 1.88. The van der Waals surface area contributed by atoms with E-state index < -0.39 is 0 Å². The first-order valence-corrected chi connectivity index (χ1v) is 6.83. The van der Waals surface area contributed by atoms with Crippen LogP contribution in [0.3, 0.4) is 0 Å². The minimum Gasteiger partial charge on any atom is -0.362 e. The molecular formula is C12H19BrClN3. The van der Waals surface area contributed by atoms with Gasteiger partial charge in [0.05, 0.1) is 5.02 Å². The van der Waals surface area contributed by atoms with E-state index in [0.717, 1.165) is 10.9 Å². The van der Waals surface area contributed by atoms with Crippen LogP contribution in [0.25, 0.3) is 0 Å². The number of nitrogens with zero attached hydrogens (tertiary/aromatic N) is 1. The Morgan fingerprint density at radius 1 is 1.59 bits per heavy atom. The van der Waals surface area contributed by atoms with Gasteiger partial charge in [-0.3, -0.25) is 0 Å². The second-order valence-electron chi connectivity index (χ2n) is 4.97. The number of hydrogen-bond donors (Lipinski definition) is 2. The van der Waals surface area contributed by atoms with Gasteiger partial charge in [0.15, 0.2) is 0 Å². The fraction of sp³-hybridized carbons (Fsp3) is 0.583. The first kappa shape index (κ1) is 14.7. The Balaban J connectivity index is 2.87. The number of nitrogens with two attached hydrogens (primary N) is 1. The molecule has 1 unspecified atom stereocenters. The number of rotatable bonds is 5. The number of hydrogen-bond acceptors (Lipinski definition) is 3. The molecule has 1 atom stereocenters. The number of aromatic nitrogens is 1. The Kier molecular flexibility index (Phi) is 5.22. The van der Waals surface area contributed by atoms with Gasteiger partial charge in [-0.05, 0) is 41.3 Å². The first-order chi connectivity index (χ1) is 7.86. The van der Waals surface area contributed by atoms with Crippen LogP contribution >= 0.6 is 27.5 Å². The summed E-state index contributed by atoms with van der Waals surface area (Å²) >= 11 is 9.47. The average Bonchev–Trinajstić information content (AvgIpc) is 2.21. The Hall–Kier alpha value is -0.320. The minimum atomic E-state index is -0.182. The lowest BCUT2D eigenvalue weighted by atomic mass is 9.91. The molecule has 0 aromatic carbocycles. The molecule has 0 radical (unpaired) electrons. The van der Waals surface area contributed by atoms with Crippen LogP contribution in [0.1, 0.15) is 27.2 Å². The van der Waals surface area contributed by atoms with Crippen molar-refractivity contribution in [2.75, 3.05) is 11.9 Å². The normalized spacial score (nSPS) is 14.8. The first-order valence-electron chi connectivity index (χ1n) is 5.65. The van der Waals surface area contributed by atoms with Crippen molar-refractivity contribution in [2.24, 2.45) is 11.7 Å². The number of nitrogens with one attached hydrogen (secondary N) is 1. The van der Waals surface area contributed by atoms with Crippen LogP contribution in [0.5, 0.6) is 0 Å². The van der Waals surface area contributed by atoms with Gasteiger partial charge in [0.25, 0.3) is 0 Å². The molecule has 0 amide bonds. The highest BCUT2D eigenvalue weighted by Gasteiger charge is 2.24. The third-order valence-corrected chi connectivity index (χ3v) is 3.26. The number of halogens is 2. The second kappa shape index (κ2) is 6.03. The molecule has 0 aliphatic rings. The van der Waals surface area contributed by atoms with Gasteiger partial charge in [0, 0.05) is 22.8 Å². The molecule has 1 rings (SSSR count). The van der Waals surface area contributed by atoms with Crippen LogP contribution in [0.4, 0.5) is 5.82 Å². The summed E-state index contributed by atoms with van der Waals surface area (Å²) in [6.45, 7) is 6.98. The molecule has 17 heavy (non-hydrogen) atoms. The van der Waals surface area contributed by atoms with Gasteiger partial charge in [0.2, 0.25) is 0 Å². The van der Waals surface area contributed by atoms with Crippen LogP contribution in [0.15, 0.2) is 16.7 Å². The van der Waals surface area contributed by atoms with Gasteiger partial charge in [-0.25, -0.2) is 4.98 Å². The highest BCUT2D eigenvalue weighted by atomic mass is 79.9. The lowest BCUT2D eigenvalue weighted by molar-refractivity contribution is 0.406. The molecule has 0 saturated heterocycles. The molecule has 0 fully saturated rings. The molecule has 1 aromatic heterocycles. The molecule has 0 aliphatic carbocycles. The summed E-state index contributed by atoms with van der Waals surface area (Å²) in [4.78, 5) is 4.27. The zero-order chi connectivity index (χ0) is 13.1. The van der Waals surface area contributed by atoms with Gasteiger partial charge in [0.1, 0.15) is 5.82 Å². The average molecular weight is 321 g/mol. The van der Waals surface area contributed by atoms with Crippen LogP contribution in [0, 0.1) is 5.92 Å². The molecule has 0 saturated carbocycles. The highest BCUT2D eigenvalue weighted by molar-refractivity contribution is 9.10. The van der Waals surface area contributed by atoms with Gasteiger partial charge in [-0.15, -0.1) is 0 Å². The molecule has 1 heterocycles. The van der Waals surface area contributed by atoms with E-state index in [-0.39, 0.29) is 5.54 Å². The van der Waals surface area contributed by atoms with E-state index in [9.17, 15) is 0 Å². The topological polar surface area (TPSA) is 50.9 Å². The quantitative estimate of drug-likeness (QED) is 0.870. The van der Waals surface area contributed by atoms with Crippen molar-refractivity contribution in [3.8, 4) is 0 Å². The van der Waals surface area contributed by atoms with Crippen LogP contribution in [-0.4, -0.2) is 17.1 Å². The van der Waals surface area contributed by atoms with Crippen molar-refractivity contribution in [2.45, 2.75) is 32.7 Å². The van der Waals surface area contributed by atoms with E-state index >= 15 is 0 Å². The van der Waals surface area contributed by atoms with Gasteiger partial charge in [-0.1, -0.05) is 25.4 Å². The zero-order valence-electron chi connectivity index (χ0n) is 10.4. The minimum absolute atomic E-state index is 0.182. The molecule has 1 aromatic rings. The lowest BCUT2D eigenvalue weighted by Gasteiger charge is -2.32. The molecule has 96 valence electrons. The van der Waals surface area contributed by atoms with Gasteiger partial charge >= 0.3 is 0 Å². The lowest BCUT2D eigenvalue weighted by Crippen LogP contribution is -2.44. The Morgan fingerprint density at radius 2 is 2.24 bits per heavy atom. The van der Waals surface area contributed by atoms with Gasteiger partial charge < -0.3 is 11.1 Å². The van der Waals surface area contributed by atoms with Crippen molar-refractivity contribution >= 4 is 33.3 Å². The fourth-order valence-corrected chi connectivity index (χ4v) is 2.56. The molecule has 0 spiro atoms. The van der Waals surface area contributed by atoms with Crippen molar-refractivity contribution in [3.05, 3.63) is 21.8 Å². The van der Waals surface area contributed by atoms with E-state index in [4.69, 9.17) is 17.3 Å². The summed E-state index contributed by atoms with van der Waals surface area (Å²) in [7, 11) is 0.